The molecule has 2 rings (SSSR count). The molecule has 5 nitrogen and oxygen atoms in total. The number of aliphatic imine (C=N–C) groups is 1. The molecule has 0 spiro atoms. The summed E-state index contributed by atoms with van der Waals surface area (Å²) in [6.45, 7) is 5.33. The zero-order valence-electron chi connectivity index (χ0n) is 15.6. The van der Waals surface area contributed by atoms with Gasteiger partial charge < -0.3 is 10.2 Å². The summed E-state index contributed by atoms with van der Waals surface area (Å²) in [6, 6.07) is 10.5. The molecule has 0 saturated heterocycles. The van der Waals surface area contributed by atoms with Gasteiger partial charge in [0.15, 0.2) is 15.8 Å². The van der Waals surface area contributed by atoms with E-state index in [-0.39, 0.29) is 11.8 Å². The Morgan fingerprint density at radius 3 is 2.54 bits per heavy atom. The maximum atomic E-state index is 12.7. The Kier molecular flexibility index (Phi) is 7.66. The molecule has 1 unspecified atom stereocenters. The summed E-state index contributed by atoms with van der Waals surface area (Å²) < 4.78 is 25.3. The van der Waals surface area contributed by atoms with Crippen molar-refractivity contribution in [2.24, 2.45) is 4.99 Å². The highest BCUT2D eigenvalue weighted by Crippen LogP contribution is 2.13. The topological polar surface area (TPSA) is 61.8 Å². The standard InChI is InChI=1S/C19H27N3O2S2/c1-4-17(15-26(23,24)18-9-7-6-8-10-18)21-19(20-5-2)22(3)13-16-11-12-25-14-16/h6-12,14,17H,4-5,13,15H2,1-3H3,(H,20,21). The molecule has 0 bridgehead atoms. The molecule has 2 aromatic rings. The molecule has 0 saturated carbocycles. The van der Waals surface area contributed by atoms with Crippen LogP contribution in [0.5, 0.6) is 0 Å². The predicted octanol–water partition coefficient (Wildman–Crippen LogP) is 3.40. The third-order valence-electron chi connectivity index (χ3n) is 4.02. The number of nitrogens with one attached hydrogen (secondary N) is 1. The molecule has 1 N–H and O–H groups in total. The van der Waals surface area contributed by atoms with Gasteiger partial charge in [-0.05, 0) is 47.9 Å². The van der Waals surface area contributed by atoms with Crippen LogP contribution in [0.15, 0.2) is 57.0 Å². The van der Waals surface area contributed by atoms with E-state index >= 15 is 0 Å². The number of benzene rings is 1. The van der Waals surface area contributed by atoms with Gasteiger partial charge in [0, 0.05) is 26.2 Å². The Morgan fingerprint density at radius 1 is 1.23 bits per heavy atom. The largest absolute Gasteiger partial charge is 0.352 e. The highest BCUT2D eigenvalue weighted by molar-refractivity contribution is 7.91. The minimum atomic E-state index is -3.34. The van der Waals surface area contributed by atoms with Crippen molar-refractivity contribution in [1.29, 1.82) is 0 Å². The number of nitrogens with zero attached hydrogens (tertiary/aromatic N) is 2. The van der Waals surface area contributed by atoms with Crippen LogP contribution in [-0.4, -0.2) is 44.7 Å². The lowest BCUT2D eigenvalue weighted by molar-refractivity contribution is 0.459. The molecule has 1 heterocycles. The number of rotatable bonds is 8. The molecule has 1 aromatic carbocycles. The Balaban J connectivity index is 2.09. The number of thiophene rings is 1. The van der Waals surface area contributed by atoms with Gasteiger partial charge in [-0.25, -0.2) is 8.42 Å². The van der Waals surface area contributed by atoms with Crippen LogP contribution in [0.25, 0.3) is 0 Å². The van der Waals surface area contributed by atoms with E-state index in [1.54, 1.807) is 35.6 Å². The molecule has 26 heavy (non-hydrogen) atoms. The van der Waals surface area contributed by atoms with Crippen LogP contribution < -0.4 is 5.32 Å². The molecule has 0 fully saturated rings. The fourth-order valence-corrected chi connectivity index (χ4v) is 4.86. The van der Waals surface area contributed by atoms with Crippen molar-refractivity contribution in [3.8, 4) is 0 Å². The van der Waals surface area contributed by atoms with Crippen molar-refractivity contribution >= 4 is 27.1 Å². The predicted molar refractivity (Wildman–Crippen MR) is 109 cm³/mol. The first kappa shape index (κ1) is 20.5. The van der Waals surface area contributed by atoms with Crippen molar-refractivity contribution in [2.45, 2.75) is 37.8 Å². The fraction of sp³-hybridized carbons (Fsp3) is 0.421. The van der Waals surface area contributed by atoms with Gasteiger partial charge in [-0.15, -0.1) is 0 Å². The van der Waals surface area contributed by atoms with Crippen molar-refractivity contribution in [1.82, 2.24) is 10.2 Å². The first-order chi connectivity index (χ1) is 12.5. The Morgan fingerprint density at radius 2 is 1.96 bits per heavy atom. The number of guanidine groups is 1. The van der Waals surface area contributed by atoms with Crippen molar-refractivity contribution in [3.05, 3.63) is 52.7 Å². The van der Waals surface area contributed by atoms with Crippen LogP contribution in [0.2, 0.25) is 0 Å². The molecule has 0 aliphatic heterocycles. The monoisotopic (exact) mass is 393 g/mol. The normalized spacial score (nSPS) is 13.4. The van der Waals surface area contributed by atoms with Gasteiger partial charge in [0.25, 0.3) is 0 Å². The second kappa shape index (κ2) is 9.73. The fourth-order valence-electron chi connectivity index (χ4n) is 2.59. The number of hydrogen-bond acceptors (Lipinski definition) is 4. The van der Waals surface area contributed by atoms with E-state index in [0.29, 0.717) is 17.9 Å². The third-order valence-corrected chi connectivity index (χ3v) is 6.58. The zero-order valence-corrected chi connectivity index (χ0v) is 17.2. The summed E-state index contributed by atoms with van der Waals surface area (Å²) in [5, 5.41) is 7.50. The Labute approximate surface area is 160 Å². The average Bonchev–Trinajstić information content (AvgIpc) is 3.14. The molecule has 1 atom stereocenters. The lowest BCUT2D eigenvalue weighted by Gasteiger charge is -2.26. The van der Waals surface area contributed by atoms with Crippen molar-refractivity contribution in [3.63, 3.8) is 0 Å². The van der Waals surface area contributed by atoms with Crippen LogP contribution in [0.4, 0.5) is 0 Å². The highest BCUT2D eigenvalue weighted by atomic mass is 32.2. The van der Waals surface area contributed by atoms with E-state index in [1.165, 1.54) is 5.56 Å². The van der Waals surface area contributed by atoms with E-state index in [9.17, 15) is 8.42 Å². The zero-order chi connectivity index (χ0) is 19.0. The van der Waals surface area contributed by atoms with Gasteiger partial charge in [0.2, 0.25) is 0 Å². The summed E-state index contributed by atoms with van der Waals surface area (Å²) in [5.74, 6) is 0.775. The minimum Gasteiger partial charge on any atom is -0.352 e. The average molecular weight is 394 g/mol. The van der Waals surface area contributed by atoms with E-state index in [4.69, 9.17) is 0 Å². The molecule has 7 heteroatoms. The van der Waals surface area contributed by atoms with E-state index in [1.807, 2.05) is 31.9 Å². The van der Waals surface area contributed by atoms with Crippen LogP contribution in [0.1, 0.15) is 25.8 Å². The van der Waals surface area contributed by atoms with Crippen LogP contribution in [0.3, 0.4) is 0 Å². The molecule has 0 aliphatic carbocycles. The van der Waals surface area contributed by atoms with Crippen LogP contribution >= 0.6 is 11.3 Å². The van der Waals surface area contributed by atoms with E-state index in [2.05, 4.69) is 27.1 Å². The lowest BCUT2D eigenvalue weighted by atomic mass is 10.2. The maximum absolute atomic E-state index is 12.7. The van der Waals surface area contributed by atoms with Crippen LogP contribution in [-0.2, 0) is 16.4 Å². The van der Waals surface area contributed by atoms with Gasteiger partial charge >= 0.3 is 0 Å². The Bertz CT molecular complexity index is 787. The summed E-state index contributed by atoms with van der Waals surface area (Å²) in [4.78, 5) is 6.93. The smallest absolute Gasteiger partial charge is 0.194 e. The first-order valence-corrected chi connectivity index (χ1v) is 11.4. The molecule has 1 aromatic heterocycles. The molecule has 0 aliphatic rings. The van der Waals surface area contributed by atoms with Gasteiger partial charge in [-0.2, -0.15) is 11.3 Å². The quantitative estimate of drug-likeness (QED) is 0.552. The highest BCUT2D eigenvalue weighted by Gasteiger charge is 2.22. The third kappa shape index (κ3) is 5.85. The molecule has 0 amide bonds. The molecule has 0 radical (unpaired) electrons. The van der Waals surface area contributed by atoms with E-state index < -0.39 is 9.84 Å². The Hall–Kier alpha value is -1.86. The van der Waals surface area contributed by atoms with Crippen LogP contribution in [0, 0.1) is 0 Å². The van der Waals surface area contributed by atoms with Gasteiger partial charge in [-0.1, -0.05) is 25.1 Å². The van der Waals surface area contributed by atoms with Gasteiger partial charge in [-0.3, -0.25) is 4.99 Å². The number of hydrogen-bond donors (Lipinski definition) is 1. The summed E-state index contributed by atoms with van der Waals surface area (Å²) >= 11 is 1.66. The van der Waals surface area contributed by atoms with Crippen molar-refractivity contribution < 1.29 is 8.42 Å². The lowest BCUT2D eigenvalue weighted by Crippen LogP contribution is -2.46. The minimum absolute atomic E-state index is 0.0442. The SMILES string of the molecule is CCN=C(NC(CC)CS(=O)(=O)c1ccccc1)N(C)Cc1ccsc1. The number of sulfone groups is 1. The summed E-state index contributed by atoms with van der Waals surface area (Å²) in [6.07, 6.45) is 0.696. The molecular weight excluding hydrogens is 366 g/mol. The van der Waals surface area contributed by atoms with Gasteiger partial charge in [0.1, 0.15) is 0 Å². The maximum Gasteiger partial charge on any atom is 0.194 e. The van der Waals surface area contributed by atoms with Gasteiger partial charge in [0.05, 0.1) is 10.6 Å². The second-order valence-corrected chi connectivity index (χ2v) is 8.94. The first-order valence-electron chi connectivity index (χ1n) is 8.77. The van der Waals surface area contributed by atoms with Crippen molar-refractivity contribution in [2.75, 3.05) is 19.3 Å². The summed E-state index contributed by atoms with van der Waals surface area (Å²) in [7, 11) is -1.37. The second-order valence-electron chi connectivity index (χ2n) is 6.13. The van der Waals surface area contributed by atoms with E-state index in [0.717, 1.165) is 12.5 Å². The summed E-state index contributed by atoms with van der Waals surface area (Å²) in [5.41, 5.74) is 1.22. The molecular formula is C19H27N3O2S2. The molecule has 142 valence electrons.